The van der Waals surface area contributed by atoms with Crippen LogP contribution in [0.3, 0.4) is 0 Å². The Labute approximate surface area is 152 Å². The molecule has 134 valence electrons. The summed E-state index contributed by atoms with van der Waals surface area (Å²) in [7, 11) is 0. The van der Waals surface area contributed by atoms with E-state index in [1.54, 1.807) is 25.4 Å². The van der Waals surface area contributed by atoms with Gasteiger partial charge in [-0.2, -0.15) is 13.2 Å². The fourth-order valence-electron chi connectivity index (χ4n) is 2.45. The number of alkyl halides is 3. The number of carbonyl (C=O) groups excluding carboxylic acids is 1. The number of carbonyl (C=O) groups is 1. The van der Waals surface area contributed by atoms with Gasteiger partial charge in [0.2, 0.25) is 5.91 Å². The summed E-state index contributed by atoms with van der Waals surface area (Å²) in [6.07, 6.45) is -0.731. The number of amides is 1. The van der Waals surface area contributed by atoms with Crippen molar-refractivity contribution in [2.45, 2.75) is 19.5 Å². The maximum atomic E-state index is 12.8. The van der Waals surface area contributed by atoms with Crippen molar-refractivity contribution >= 4 is 22.2 Å². The number of anilines is 1. The van der Waals surface area contributed by atoms with E-state index in [0.717, 1.165) is 28.1 Å². The molecule has 3 aromatic rings. The van der Waals surface area contributed by atoms with E-state index in [2.05, 4.69) is 10.3 Å². The monoisotopic (exact) mass is 376 g/mol. The minimum atomic E-state index is -4.37. The molecule has 0 fully saturated rings. The van der Waals surface area contributed by atoms with Crippen LogP contribution in [0.4, 0.5) is 18.2 Å². The van der Waals surface area contributed by atoms with E-state index >= 15 is 0 Å². The molecule has 0 saturated heterocycles. The van der Waals surface area contributed by atoms with Gasteiger partial charge in [-0.15, -0.1) is 11.3 Å². The van der Waals surface area contributed by atoms with Crippen molar-refractivity contribution < 1.29 is 18.0 Å². The van der Waals surface area contributed by atoms with Gasteiger partial charge in [0.1, 0.15) is 0 Å². The minimum absolute atomic E-state index is 0.119. The molecule has 0 bridgehead atoms. The van der Waals surface area contributed by atoms with Crippen molar-refractivity contribution in [3.63, 3.8) is 0 Å². The molecule has 3 rings (SSSR count). The Kier molecular flexibility index (Phi) is 5.08. The van der Waals surface area contributed by atoms with Crippen molar-refractivity contribution in [3.05, 3.63) is 60.4 Å². The van der Waals surface area contributed by atoms with Crippen LogP contribution in [-0.2, 0) is 11.0 Å². The molecule has 0 unspecified atom stereocenters. The highest BCUT2D eigenvalue weighted by atomic mass is 32.1. The number of nitrogens with zero attached hydrogens (tertiary/aromatic N) is 1. The zero-order chi connectivity index (χ0) is 18.7. The van der Waals surface area contributed by atoms with E-state index in [1.165, 1.54) is 23.5 Å². The van der Waals surface area contributed by atoms with E-state index < -0.39 is 11.7 Å². The summed E-state index contributed by atoms with van der Waals surface area (Å²) in [5, 5.41) is 3.46. The molecule has 0 aliphatic heterocycles. The molecule has 0 aliphatic carbocycles. The molecular weight excluding hydrogens is 361 g/mol. The Balaban J connectivity index is 2.05. The third-order valence-electron chi connectivity index (χ3n) is 3.78. The second-order valence-corrected chi connectivity index (χ2v) is 6.62. The fourth-order valence-corrected chi connectivity index (χ4v) is 3.55. The van der Waals surface area contributed by atoms with Gasteiger partial charge in [0.15, 0.2) is 0 Å². The predicted octanol–water partition coefficient (Wildman–Crippen LogP) is 5.84. The number of thiophene rings is 1. The lowest BCUT2D eigenvalue weighted by Gasteiger charge is -2.08. The van der Waals surface area contributed by atoms with Crippen LogP contribution in [0.5, 0.6) is 0 Å². The zero-order valence-electron chi connectivity index (χ0n) is 13.8. The number of aromatic nitrogens is 1. The van der Waals surface area contributed by atoms with Crippen LogP contribution in [0.2, 0.25) is 0 Å². The standard InChI is InChI=1S/C19H15F3N2OS/c1-2-16(25)24-17-11-15(18(26-17)13-7-9-23-10-8-13)12-3-5-14(6-4-12)19(20,21)22/h3-11H,2H2,1H3,(H,24,25). The quantitative estimate of drug-likeness (QED) is 0.621. The third-order valence-corrected chi connectivity index (χ3v) is 4.88. The average Bonchev–Trinajstić information content (AvgIpc) is 3.05. The van der Waals surface area contributed by atoms with E-state index in [4.69, 9.17) is 0 Å². The molecule has 3 nitrogen and oxygen atoms in total. The molecule has 26 heavy (non-hydrogen) atoms. The van der Waals surface area contributed by atoms with Gasteiger partial charge in [-0.25, -0.2) is 0 Å². The number of rotatable bonds is 4. The summed E-state index contributed by atoms with van der Waals surface area (Å²) < 4.78 is 38.4. The van der Waals surface area contributed by atoms with Gasteiger partial charge in [-0.05, 0) is 41.5 Å². The lowest BCUT2D eigenvalue weighted by molar-refractivity contribution is -0.137. The SMILES string of the molecule is CCC(=O)Nc1cc(-c2ccc(C(F)(F)F)cc2)c(-c2ccncc2)s1. The van der Waals surface area contributed by atoms with E-state index in [1.807, 2.05) is 12.1 Å². The van der Waals surface area contributed by atoms with Gasteiger partial charge in [0.05, 0.1) is 10.6 Å². The van der Waals surface area contributed by atoms with Crippen LogP contribution in [-0.4, -0.2) is 10.9 Å². The van der Waals surface area contributed by atoms with E-state index in [-0.39, 0.29) is 5.91 Å². The lowest BCUT2D eigenvalue weighted by atomic mass is 10.0. The molecule has 0 aliphatic rings. The Morgan fingerprint density at radius 1 is 1.08 bits per heavy atom. The number of benzene rings is 1. The van der Waals surface area contributed by atoms with Gasteiger partial charge in [0, 0.05) is 29.3 Å². The predicted molar refractivity (Wildman–Crippen MR) is 96.9 cm³/mol. The first-order valence-electron chi connectivity index (χ1n) is 7.90. The van der Waals surface area contributed by atoms with Crippen LogP contribution in [0, 0.1) is 0 Å². The maximum Gasteiger partial charge on any atom is 0.416 e. The molecular formula is C19H15F3N2OS. The molecule has 0 radical (unpaired) electrons. The first-order chi connectivity index (χ1) is 12.4. The van der Waals surface area contributed by atoms with Crippen LogP contribution >= 0.6 is 11.3 Å². The highest BCUT2D eigenvalue weighted by molar-refractivity contribution is 7.20. The van der Waals surface area contributed by atoms with Crippen molar-refractivity contribution in [2.24, 2.45) is 0 Å². The van der Waals surface area contributed by atoms with Gasteiger partial charge in [0.25, 0.3) is 0 Å². The van der Waals surface area contributed by atoms with Gasteiger partial charge in [-0.3, -0.25) is 9.78 Å². The summed E-state index contributed by atoms with van der Waals surface area (Å²) in [4.78, 5) is 16.5. The molecule has 0 saturated carbocycles. The normalized spacial score (nSPS) is 11.4. The largest absolute Gasteiger partial charge is 0.416 e. The summed E-state index contributed by atoms with van der Waals surface area (Å²) >= 11 is 1.38. The fraction of sp³-hybridized carbons (Fsp3) is 0.158. The summed E-state index contributed by atoms with van der Waals surface area (Å²) in [5.74, 6) is -0.119. The summed E-state index contributed by atoms with van der Waals surface area (Å²) in [6, 6.07) is 10.5. The molecule has 1 N–H and O–H groups in total. The molecule has 2 aromatic heterocycles. The Morgan fingerprint density at radius 2 is 1.73 bits per heavy atom. The molecule has 7 heteroatoms. The van der Waals surface area contributed by atoms with Crippen molar-refractivity contribution in [2.75, 3.05) is 5.32 Å². The molecule has 1 amide bonds. The minimum Gasteiger partial charge on any atom is -0.318 e. The molecule has 0 atom stereocenters. The van der Waals surface area contributed by atoms with Gasteiger partial charge >= 0.3 is 6.18 Å². The van der Waals surface area contributed by atoms with Crippen molar-refractivity contribution in [1.82, 2.24) is 4.98 Å². The average molecular weight is 376 g/mol. The summed E-state index contributed by atoms with van der Waals surface area (Å²) in [6.45, 7) is 1.75. The van der Waals surface area contributed by atoms with Gasteiger partial charge < -0.3 is 5.32 Å². The number of nitrogens with one attached hydrogen (secondary N) is 1. The Hall–Kier alpha value is -2.67. The lowest BCUT2D eigenvalue weighted by Crippen LogP contribution is -2.07. The van der Waals surface area contributed by atoms with Crippen LogP contribution in [0.15, 0.2) is 54.9 Å². The highest BCUT2D eigenvalue weighted by Gasteiger charge is 2.30. The van der Waals surface area contributed by atoms with Gasteiger partial charge in [-0.1, -0.05) is 19.1 Å². The molecule has 2 heterocycles. The highest BCUT2D eigenvalue weighted by Crippen LogP contribution is 2.42. The number of halogens is 3. The van der Waals surface area contributed by atoms with Crippen molar-refractivity contribution in [3.8, 4) is 21.6 Å². The number of pyridine rings is 1. The van der Waals surface area contributed by atoms with Crippen LogP contribution in [0.1, 0.15) is 18.9 Å². The molecule has 1 aromatic carbocycles. The number of hydrogen-bond acceptors (Lipinski definition) is 3. The van der Waals surface area contributed by atoms with Crippen LogP contribution in [0.25, 0.3) is 21.6 Å². The first kappa shape index (κ1) is 18.1. The van der Waals surface area contributed by atoms with Crippen molar-refractivity contribution in [1.29, 1.82) is 0 Å². The number of hydrogen-bond donors (Lipinski definition) is 1. The van der Waals surface area contributed by atoms with E-state index in [9.17, 15) is 18.0 Å². The Bertz CT molecular complexity index is 903. The zero-order valence-corrected chi connectivity index (χ0v) is 14.6. The Morgan fingerprint density at radius 3 is 2.31 bits per heavy atom. The topological polar surface area (TPSA) is 42.0 Å². The second kappa shape index (κ2) is 7.29. The smallest absolute Gasteiger partial charge is 0.318 e. The molecule has 0 spiro atoms. The first-order valence-corrected chi connectivity index (χ1v) is 8.72. The maximum absolute atomic E-state index is 12.8. The van der Waals surface area contributed by atoms with Crippen LogP contribution < -0.4 is 5.32 Å². The van der Waals surface area contributed by atoms with E-state index in [0.29, 0.717) is 17.0 Å². The third kappa shape index (κ3) is 3.94. The second-order valence-electron chi connectivity index (χ2n) is 5.57. The summed E-state index contributed by atoms with van der Waals surface area (Å²) in [5.41, 5.74) is 1.61.